The Kier molecular flexibility index (Phi) is 3.85. The second-order valence-electron chi connectivity index (χ2n) is 6.04. The molecule has 4 heteroatoms. The van der Waals surface area contributed by atoms with Gasteiger partial charge in [-0.25, -0.2) is 4.98 Å². The lowest BCUT2D eigenvalue weighted by Gasteiger charge is -2.26. The smallest absolute Gasteiger partial charge is 0.220 e. The van der Waals surface area contributed by atoms with Crippen molar-refractivity contribution in [2.24, 2.45) is 5.92 Å². The van der Waals surface area contributed by atoms with Gasteiger partial charge in [-0.1, -0.05) is 19.3 Å². The van der Waals surface area contributed by atoms with Crippen LogP contribution in [-0.2, 0) is 17.8 Å². The molecule has 1 aliphatic heterocycles. The molecular weight excluding hydrogens is 238 g/mol. The zero-order valence-electron chi connectivity index (χ0n) is 11.5. The Hall–Kier alpha value is -1.32. The lowest BCUT2D eigenvalue weighted by molar-refractivity contribution is -0.123. The summed E-state index contributed by atoms with van der Waals surface area (Å²) in [5.41, 5.74) is 1.24. The zero-order chi connectivity index (χ0) is 13.1. The molecule has 1 saturated carbocycles. The molecular formula is C15H23N3O. The number of fused-ring (bicyclic) bond motifs is 1. The topological polar surface area (TPSA) is 46.9 Å². The monoisotopic (exact) mass is 261 g/mol. The predicted molar refractivity (Wildman–Crippen MR) is 73.7 cm³/mol. The molecule has 1 N–H and O–H groups in total. The highest BCUT2D eigenvalue weighted by molar-refractivity contribution is 5.76. The highest BCUT2D eigenvalue weighted by Crippen LogP contribution is 2.26. The Labute approximate surface area is 114 Å². The van der Waals surface area contributed by atoms with Gasteiger partial charge >= 0.3 is 0 Å². The van der Waals surface area contributed by atoms with Gasteiger partial charge in [0.05, 0.1) is 6.33 Å². The first kappa shape index (κ1) is 12.7. The fraction of sp³-hybridized carbons (Fsp3) is 0.733. The number of carbonyl (C=O) groups is 1. The van der Waals surface area contributed by atoms with Crippen LogP contribution in [0.25, 0.3) is 0 Å². The van der Waals surface area contributed by atoms with Crippen molar-refractivity contribution in [2.75, 3.05) is 0 Å². The molecule has 1 aromatic heterocycles. The Morgan fingerprint density at radius 2 is 2.16 bits per heavy atom. The minimum atomic E-state index is 0.255. The van der Waals surface area contributed by atoms with Crippen molar-refractivity contribution >= 4 is 5.91 Å². The van der Waals surface area contributed by atoms with Gasteiger partial charge in [0, 0.05) is 37.3 Å². The van der Waals surface area contributed by atoms with E-state index >= 15 is 0 Å². The largest absolute Gasteiger partial charge is 0.353 e. The first-order chi connectivity index (χ1) is 9.31. The van der Waals surface area contributed by atoms with Gasteiger partial charge in [-0.3, -0.25) is 4.79 Å². The number of aryl methyl sites for hydroxylation is 1. The Morgan fingerprint density at radius 3 is 3.00 bits per heavy atom. The van der Waals surface area contributed by atoms with Crippen LogP contribution in [-0.4, -0.2) is 21.5 Å². The maximum Gasteiger partial charge on any atom is 0.220 e. The molecule has 19 heavy (non-hydrogen) atoms. The molecule has 2 aliphatic rings. The number of imidazole rings is 1. The Bertz CT molecular complexity index is 434. The summed E-state index contributed by atoms with van der Waals surface area (Å²) in [6.07, 6.45) is 12.9. The van der Waals surface area contributed by atoms with E-state index in [-0.39, 0.29) is 5.91 Å². The van der Waals surface area contributed by atoms with E-state index in [0.29, 0.717) is 12.0 Å². The third-order valence-corrected chi connectivity index (χ3v) is 4.54. The molecule has 1 atom stereocenters. The van der Waals surface area contributed by atoms with Crippen molar-refractivity contribution in [2.45, 2.75) is 64.0 Å². The fourth-order valence-corrected chi connectivity index (χ4v) is 3.43. The van der Waals surface area contributed by atoms with Crippen LogP contribution in [0.5, 0.6) is 0 Å². The summed E-state index contributed by atoms with van der Waals surface area (Å²) in [6, 6.07) is 0.306. The van der Waals surface area contributed by atoms with E-state index in [0.717, 1.165) is 25.8 Å². The molecule has 0 aromatic carbocycles. The molecule has 0 spiro atoms. The quantitative estimate of drug-likeness (QED) is 0.907. The van der Waals surface area contributed by atoms with Crippen LogP contribution in [0, 0.1) is 5.92 Å². The number of amides is 1. The van der Waals surface area contributed by atoms with E-state index in [9.17, 15) is 4.79 Å². The Balaban J connectivity index is 1.47. The van der Waals surface area contributed by atoms with Gasteiger partial charge in [-0.05, 0) is 25.2 Å². The van der Waals surface area contributed by atoms with Crippen molar-refractivity contribution in [3.8, 4) is 0 Å². The Morgan fingerprint density at radius 1 is 1.32 bits per heavy atom. The van der Waals surface area contributed by atoms with Crippen LogP contribution in [0.3, 0.4) is 0 Å². The fourth-order valence-electron chi connectivity index (χ4n) is 3.43. The van der Waals surface area contributed by atoms with Crippen LogP contribution < -0.4 is 5.32 Å². The highest BCUT2D eigenvalue weighted by atomic mass is 16.1. The van der Waals surface area contributed by atoms with E-state index in [1.165, 1.54) is 37.8 Å². The summed E-state index contributed by atoms with van der Waals surface area (Å²) >= 11 is 0. The van der Waals surface area contributed by atoms with E-state index in [4.69, 9.17) is 0 Å². The lowest BCUT2D eigenvalue weighted by Crippen LogP contribution is -2.40. The minimum Gasteiger partial charge on any atom is -0.353 e. The van der Waals surface area contributed by atoms with Gasteiger partial charge < -0.3 is 9.88 Å². The summed E-state index contributed by atoms with van der Waals surface area (Å²) in [4.78, 5) is 16.3. The van der Waals surface area contributed by atoms with Crippen LogP contribution in [0.1, 0.15) is 50.6 Å². The summed E-state index contributed by atoms with van der Waals surface area (Å²) < 4.78 is 2.18. The summed E-state index contributed by atoms with van der Waals surface area (Å²) in [5, 5.41) is 3.22. The van der Waals surface area contributed by atoms with E-state index in [1.807, 2.05) is 12.5 Å². The summed E-state index contributed by atoms with van der Waals surface area (Å²) in [7, 11) is 0. The highest BCUT2D eigenvalue weighted by Gasteiger charge is 2.22. The molecule has 1 unspecified atom stereocenters. The summed E-state index contributed by atoms with van der Waals surface area (Å²) in [5.74, 6) is 0.882. The number of hydrogen-bond acceptors (Lipinski definition) is 2. The van der Waals surface area contributed by atoms with E-state index in [1.54, 1.807) is 0 Å². The molecule has 0 saturated heterocycles. The molecule has 0 bridgehead atoms. The van der Waals surface area contributed by atoms with Crippen LogP contribution in [0.4, 0.5) is 0 Å². The van der Waals surface area contributed by atoms with Crippen molar-refractivity contribution in [1.29, 1.82) is 0 Å². The van der Waals surface area contributed by atoms with Gasteiger partial charge in [-0.15, -0.1) is 0 Å². The van der Waals surface area contributed by atoms with Gasteiger partial charge in [0.2, 0.25) is 5.91 Å². The van der Waals surface area contributed by atoms with Gasteiger partial charge in [0.25, 0.3) is 0 Å². The molecule has 1 amide bonds. The molecule has 104 valence electrons. The number of aromatic nitrogens is 2. The number of nitrogens with one attached hydrogen (secondary N) is 1. The molecule has 1 aliphatic carbocycles. The standard InChI is InChI=1S/C15H23N3O/c19-15(8-12-4-2-1-3-5-12)17-13-6-7-18-11-16-10-14(18)9-13/h10-13H,1-9H2,(H,17,19). The van der Waals surface area contributed by atoms with Gasteiger partial charge in [-0.2, -0.15) is 0 Å². The first-order valence-corrected chi connectivity index (χ1v) is 7.59. The maximum absolute atomic E-state index is 12.1. The average molecular weight is 261 g/mol. The second kappa shape index (κ2) is 5.76. The molecule has 1 fully saturated rings. The van der Waals surface area contributed by atoms with Crippen molar-refractivity contribution in [1.82, 2.24) is 14.9 Å². The van der Waals surface area contributed by atoms with Crippen molar-refractivity contribution in [3.63, 3.8) is 0 Å². The van der Waals surface area contributed by atoms with Gasteiger partial charge in [0.1, 0.15) is 0 Å². The van der Waals surface area contributed by atoms with E-state index in [2.05, 4.69) is 14.9 Å². The van der Waals surface area contributed by atoms with Crippen LogP contribution in [0.15, 0.2) is 12.5 Å². The second-order valence-corrected chi connectivity index (χ2v) is 6.04. The molecule has 0 radical (unpaired) electrons. The number of nitrogens with zero attached hydrogens (tertiary/aromatic N) is 2. The minimum absolute atomic E-state index is 0.255. The lowest BCUT2D eigenvalue weighted by atomic mass is 9.86. The maximum atomic E-state index is 12.1. The number of carbonyl (C=O) groups excluding carboxylic acids is 1. The van der Waals surface area contributed by atoms with Crippen molar-refractivity contribution < 1.29 is 4.79 Å². The van der Waals surface area contributed by atoms with Gasteiger partial charge in [0.15, 0.2) is 0 Å². The average Bonchev–Trinajstić information content (AvgIpc) is 2.87. The molecule has 3 rings (SSSR count). The third kappa shape index (κ3) is 3.17. The number of hydrogen-bond donors (Lipinski definition) is 1. The SMILES string of the molecule is O=C(CC1CCCCC1)NC1CCn2cncc2C1. The van der Waals surface area contributed by atoms with Crippen molar-refractivity contribution in [3.05, 3.63) is 18.2 Å². The third-order valence-electron chi connectivity index (χ3n) is 4.54. The summed E-state index contributed by atoms with van der Waals surface area (Å²) in [6.45, 7) is 0.976. The molecule has 2 heterocycles. The number of rotatable bonds is 3. The molecule has 1 aromatic rings. The van der Waals surface area contributed by atoms with Crippen LogP contribution >= 0.6 is 0 Å². The zero-order valence-corrected chi connectivity index (χ0v) is 11.5. The normalized spacial score (nSPS) is 23.9. The van der Waals surface area contributed by atoms with E-state index < -0.39 is 0 Å². The predicted octanol–water partition coefficient (Wildman–Crippen LogP) is 2.28. The molecule has 4 nitrogen and oxygen atoms in total. The van der Waals surface area contributed by atoms with Crippen LogP contribution in [0.2, 0.25) is 0 Å². The first-order valence-electron chi connectivity index (χ1n) is 7.59.